The molecule has 246 valence electrons. The maximum absolute atomic E-state index is 12.6. The molecule has 5 atom stereocenters. The van der Waals surface area contributed by atoms with Crippen LogP contribution < -0.4 is 22.1 Å². The van der Waals surface area contributed by atoms with Crippen LogP contribution in [0.2, 0.25) is 0 Å². The number of nitrogens with two attached hydrogens (primary N) is 2. The van der Waals surface area contributed by atoms with Crippen LogP contribution in [-0.2, 0) is 28.8 Å². The van der Waals surface area contributed by atoms with Gasteiger partial charge in [0.2, 0.25) is 23.6 Å². The van der Waals surface area contributed by atoms with Crippen LogP contribution in [0.15, 0.2) is 0 Å². The van der Waals surface area contributed by atoms with E-state index in [2.05, 4.69) is 10.6 Å². The Balaban J connectivity index is 0.000000338. The van der Waals surface area contributed by atoms with Crippen molar-refractivity contribution in [1.29, 1.82) is 15.8 Å². The third kappa shape index (κ3) is 8.17. The second-order valence-electron chi connectivity index (χ2n) is 10.4. The van der Waals surface area contributed by atoms with E-state index in [4.69, 9.17) is 27.3 Å². The zero-order chi connectivity index (χ0) is 34.9. The molecular weight excluding hydrogens is 622 g/mol. The number of imide groups is 1. The number of piperidine rings is 1. The van der Waals surface area contributed by atoms with Gasteiger partial charge in [-0.2, -0.15) is 47.0 Å². The topological polar surface area (TPSA) is 253 Å². The quantitative estimate of drug-likeness (QED) is 0.145. The molecule has 0 aromatic heterocycles. The van der Waals surface area contributed by atoms with Gasteiger partial charge < -0.3 is 11.5 Å². The van der Waals surface area contributed by atoms with Crippen molar-refractivity contribution in [2.45, 2.75) is 69.6 Å². The van der Waals surface area contributed by atoms with Crippen LogP contribution in [0.5, 0.6) is 0 Å². The van der Waals surface area contributed by atoms with Crippen molar-refractivity contribution in [2.24, 2.45) is 41.1 Å². The first-order chi connectivity index (χ1) is 20.7. The average molecular weight is 651 g/mol. The predicted octanol–water partition coefficient (Wildman–Crippen LogP) is 0.739. The number of likely N-dealkylation sites (tertiary alicyclic amines) is 1. The number of rotatable bonds is 4. The van der Waals surface area contributed by atoms with E-state index < -0.39 is 70.0 Å². The lowest BCUT2D eigenvalue weighted by Crippen LogP contribution is -2.71. The van der Waals surface area contributed by atoms with Gasteiger partial charge in [0.1, 0.15) is 0 Å². The van der Waals surface area contributed by atoms with E-state index in [9.17, 15) is 55.1 Å². The summed E-state index contributed by atoms with van der Waals surface area (Å²) in [5.41, 5.74) is 10.4. The molecular formula is C25H28F6N8O6. The highest BCUT2D eigenvalue weighted by molar-refractivity contribution is 6.07. The Bertz CT molecular complexity index is 1290. The molecule has 0 spiro atoms. The summed E-state index contributed by atoms with van der Waals surface area (Å²) in [6, 6.07) is 0. The van der Waals surface area contributed by atoms with Crippen molar-refractivity contribution >= 4 is 35.4 Å². The highest BCUT2D eigenvalue weighted by Crippen LogP contribution is 2.50. The van der Waals surface area contributed by atoms with E-state index in [0.717, 1.165) is 19.3 Å². The first-order valence-corrected chi connectivity index (χ1v) is 13.1. The van der Waals surface area contributed by atoms with Crippen molar-refractivity contribution in [2.75, 3.05) is 0 Å². The molecule has 0 bridgehead atoms. The number of nitrogens with zero attached hydrogens (tertiary/aromatic N) is 4. The molecule has 14 nitrogen and oxygen atoms in total. The monoisotopic (exact) mass is 650 g/mol. The molecule has 6 N–H and O–H groups in total. The number of nitriles is 3. The van der Waals surface area contributed by atoms with Gasteiger partial charge in [0.15, 0.2) is 18.6 Å². The highest BCUT2D eigenvalue weighted by Gasteiger charge is 2.83. The molecule has 1 heterocycles. The molecule has 45 heavy (non-hydrogen) atoms. The van der Waals surface area contributed by atoms with E-state index >= 15 is 0 Å². The minimum absolute atomic E-state index is 0.379. The fraction of sp³-hybridized carbons (Fsp3) is 0.640. The lowest BCUT2D eigenvalue weighted by atomic mass is 9.74. The molecule has 5 unspecified atom stereocenters. The molecule has 3 rings (SSSR count). The van der Waals surface area contributed by atoms with Crippen LogP contribution in [0, 0.1) is 64.0 Å². The van der Waals surface area contributed by atoms with Gasteiger partial charge in [0.05, 0.1) is 11.8 Å². The van der Waals surface area contributed by atoms with Crippen LogP contribution in [0.25, 0.3) is 0 Å². The van der Waals surface area contributed by atoms with Gasteiger partial charge in [-0.3, -0.25) is 39.4 Å². The van der Waals surface area contributed by atoms with Crippen LogP contribution in [0.1, 0.15) is 51.9 Å². The second kappa shape index (κ2) is 15.2. The number of carbonyl (C=O) groups is 6. The number of hydrogen-bond acceptors (Lipinski definition) is 9. The smallest absolute Gasteiger partial charge is 0.369 e. The van der Waals surface area contributed by atoms with Gasteiger partial charge in [-0.1, -0.05) is 19.8 Å². The molecule has 6 amide bonds. The summed E-state index contributed by atoms with van der Waals surface area (Å²) >= 11 is 0. The SMILES string of the molecule is CC1CCC(C(=O)NC#N)C(C(N)=O)C1.N#CN1C(=O)C(F)(F)C(F)(F)C(F)(F)C1=O.N#CNC(=O)C1CCCCC1C(N)=O. The van der Waals surface area contributed by atoms with Crippen LogP contribution in [-0.4, -0.2) is 58.1 Å². The van der Waals surface area contributed by atoms with Crippen LogP contribution in [0.4, 0.5) is 26.3 Å². The Kier molecular flexibility index (Phi) is 12.9. The summed E-state index contributed by atoms with van der Waals surface area (Å²) in [4.78, 5) is 64.8. The molecule has 1 saturated heterocycles. The van der Waals surface area contributed by atoms with Crippen LogP contribution >= 0.6 is 0 Å². The van der Waals surface area contributed by atoms with E-state index in [1.54, 1.807) is 12.4 Å². The fourth-order valence-electron chi connectivity index (χ4n) is 5.02. The minimum atomic E-state index is -6.17. The van der Waals surface area contributed by atoms with E-state index in [1.807, 2.05) is 6.92 Å². The van der Waals surface area contributed by atoms with Gasteiger partial charge in [0, 0.05) is 11.8 Å². The third-order valence-corrected chi connectivity index (χ3v) is 7.47. The number of hydrogen-bond donors (Lipinski definition) is 4. The zero-order valence-electron chi connectivity index (χ0n) is 23.5. The van der Waals surface area contributed by atoms with Crippen molar-refractivity contribution in [1.82, 2.24) is 15.5 Å². The Morgan fingerprint density at radius 2 is 1.13 bits per heavy atom. The number of carbonyl (C=O) groups excluding carboxylic acids is 6. The largest absolute Gasteiger partial charge is 0.394 e. The molecule has 2 saturated carbocycles. The number of amides is 6. The summed E-state index contributed by atoms with van der Waals surface area (Å²) in [5, 5.41) is 28.8. The summed E-state index contributed by atoms with van der Waals surface area (Å²) in [7, 11) is 0. The summed E-state index contributed by atoms with van der Waals surface area (Å²) in [6.45, 7) is 2.04. The standard InChI is InChI=1S/C10H15N3O2.C9H13N3O2.C6F6N2O2/c1-6-2-3-7(10(15)13-5-11)8(4-6)9(12)14;10-5-12-9(14)7-4-2-1-3-6(7)8(11)13;7-4(8)2(15)14(1-13)3(16)5(9,10)6(4,11)12/h6-8H,2-4H2,1H3,(H2,12,14)(H,13,15);6-7H,1-4H2,(H2,11,13)(H,12,14);. The van der Waals surface area contributed by atoms with Gasteiger partial charge in [-0.15, -0.1) is 0 Å². The Labute approximate surface area is 251 Å². The van der Waals surface area contributed by atoms with Gasteiger partial charge >= 0.3 is 29.6 Å². The summed E-state index contributed by atoms with van der Waals surface area (Å²) in [5.74, 6) is -26.7. The lowest BCUT2D eigenvalue weighted by Gasteiger charge is -2.37. The van der Waals surface area contributed by atoms with E-state index in [1.165, 1.54) is 0 Å². The summed E-state index contributed by atoms with van der Waals surface area (Å²) < 4.78 is 75.2. The fourth-order valence-corrected chi connectivity index (χ4v) is 5.02. The van der Waals surface area contributed by atoms with Crippen LogP contribution in [0.3, 0.4) is 0 Å². The number of nitrogens with one attached hydrogen (secondary N) is 2. The zero-order valence-corrected chi connectivity index (χ0v) is 23.5. The van der Waals surface area contributed by atoms with Crippen molar-refractivity contribution in [3.8, 4) is 18.6 Å². The Hall–Kier alpha value is -4.93. The maximum Gasteiger partial charge on any atom is 0.394 e. The number of alkyl halides is 6. The molecule has 0 aromatic rings. The van der Waals surface area contributed by atoms with E-state index in [0.29, 0.717) is 37.8 Å². The molecule has 0 radical (unpaired) electrons. The molecule has 1 aliphatic heterocycles. The second-order valence-corrected chi connectivity index (χ2v) is 10.4. The third-order valence-electron chi connectivity index (χ3n) is 7.47. The molecule has 0 aromatic carbocycles. The molecule has 2 aliphatic carbocycles. The summed E-state index contributed by atoms with van der Waals surface area (Å²) in [6.07, 6.45) is 8.83. The van der Waals surface area contributed by atoms with Gasteiger partial charge in [-0.25, -0.2) is 0 Å². The van der Waals surface area contributed by atoms with E-state index in [-0.39, 0.29) is 11.8 Å². The van der Waals surface area contributed by atoms with Gasteiger partial charge in [0.25, 0.3) is 0 Å². The number of halogens is 6. The van der Waals surface area contributed by atoms with Crippen molar-refractivity contribution in [3.05, 3.63) is 0 Å². The number of primary amides is 2. The predicted molar refractivity (Wildman–Crippen MR) is 134 cm³/mol. The average Bonchev–Trinajstić information content (AvgIpc) is 2.97. The van der Waals surface area contributed by atoms with Gasteiger partial charge in [-0.05, 0) is 38.0 Å². The van der Waals surface area contributed by atoms with Crippen molar-refractivity contribution in [3.63, 3.8) is 0 Å². The first kappa shape index (κ1) is 38.1. The normalized spacial score (nSPS) is 27.6. The maximum atomic E-state index is 12.6. The molecule has 3 fully saturated rings. The molecule has 20 heteroatoms. The highest BCUT2D eigenvalue weighted by atomic mass is 19.3. The molecule has 3 aliphatic rings. The van der Waals surface area contributed by atoms with Crippen molar-refractivity contribution < 1.29 is 55.1 Å². The Morgan fingerprint density at radius 3 is 1.51 bits per heavy atom. The lowest BCUT2D eigenvalue weighted by molar-refractivity contribution is -0.303. The first-order valence-electron chi connectivity index (χ1n) is 13.1. The minimum Gasteiger partial charge on any atom is -0.369 e. The Morgan fingerprint density at radius 1 is 0.733 bits per heavy atom.